The summed E-state index contributed by atoms with van der Waals surface area (Å²) in [7, 11) is 0. The lowest BCUT2D eigenvalue weighted by atomic mass is 10.0. The van der Waals surface area contributed by atoms with Crippen LogP contribution < -0.4 is 26.0 Å². The SMILES string of the molecule is C=CC(=O)Nc1cc2c(Nc3ccc(F)c(Cl)c3)ncnc2cc1OCCCN1CCC(N2CCN(C(=O)CCCCNc3cccc4c3CN(C3CCC(=O)NC3=O)C4=O)CC2)CC1. The molecule has 5 amide bonds. The van der Waals surface area contributed by atoms with Crippen LogP contribution in [0.15, 0.2) is 67.5 Å². The minimum absolute atomic E-state index is 0.0225. The highest BCUT2D eigenvalue weighted by atomic mass is 35.5. The number of carbonyl (C=O) groups excluding carboxylic acids is 5. The third-order valence-corrected chi connectivity index (χ3v) is 13.0. The van der Waals surface area contributed by atoms with Crippen LogP contribution in [0, 0.1) is 5.82 Å². The van der Waals surface area contributed by atoms with E-state index in [1.54, 1.807) is 29.2 Å². The molecule has 4 aliphatic rings. The average molecular weight is 909 g/mol. The number of imide groups is 1. The summed E-state index contributed by atoms with van der Waals surface area (Å²) in [5, 5.41) is 12.4. The van der Waals surface area contributed by atoms with Gasteiger partial charge in [-0.2, -0.15) is 0 Å². The Kier molecular flexibility index (Phi) is 14.5. The van der Waals surface area contributed by atoms with E-state index < -0.39 is 17.8 Å². The fourth-order valence-corrected chi connectivity index (χ4v) is 9.32. The van der Waals surface area contributed by atoms with Crippen LogP contribution in [-0.2, 0) is 25.7 Å². The van der Waals surface area contributed by atoms with Gasteiger partial charge in [-0.25, -0.2) is 14.4 Å². The summed E-state index contributed by atoms with van der Waals surface area (Å²) in [6, 6.07) is 13.2. The van der Waals surface area contributed by atoms with Crippen LogP contribution in [0.5, 0.6) is 5.75 Å². The lowest BCUT2D eigenvalue weighted by Crippen LogP contribution is -2.54. The van der Waals surface area contributed by atoms with E-state index in [0.29, 0.717) is 78.0 Å². The lowest BCUT2D eigenvalue weighted by Gasteiger charge is -2.42. The Bertz CT molecular complexity index is 2460. The number of hydrogen-bond donors (Lipinski definition) is 4. The number of amides is 5. The molecule has 4 N–H and O–H groups in total. The summed E-state index contributed by atoms with van der Waals surface area (Å²) in [6.07, 6.45) is 8.12. The molecule has 3 saturated heterocycles. The van der Waals surface area contributed by atoms with Crippen molar-refractivity contribution in [1.29, 1.82) is 0 Å². The van der Waals surface area contributed by atoms with Crippen LogP contribution in [0.3, 0.4) is 0 Å². The lowest BCUT2D eigenvalue weighted by molar-refractivity contribution is -0.137. The molecule has 3 aromatic carbocycles. The quantitative estimate of drug-likeness (QED) is 0.0577. The van der Waals surface area contributed by atoms with Gasteiger partial charge in [0.05, 0.1) is 22.8 Å². The van der Waals surface area contributed by atoms with Gasteiger partial charge in [0.1, 0.15) is 29.8 Å². The molecule has 0 bridgehead atoms. The van der Waals surface area contributed by atoms with Gasteiger partial charge in [-0.05, 0) is 94.1 Å². The van der Waals surface area contributed by atoms with Crippen molar-refractivity contribution in [2.75, 3.05) is 74.9 Å². The molecule has 1 aromatic heterocycles. The number of aromatic nitrogens is 2. The summed E-state index contributed by atoms with van der Waals surface area (Å²) >= 11 is 5.98. The predicted octanol–water partition coefficient (Wildman–Crippen LogP) is 5.71. The fourth-order valence-electron chi connectivity index (χ4n) is 9.14. The van der Waals surface area contributed by atoms with Gasteiger partial charge in [0.25, 0.3) is 5.91 Å². The number of fused-ring (bicyclic) bond motifs is 2. The van der Waals surface area contributed by atoms with Crippen molar-refractivity contribution in [1.82, 2.24) is 34.9 Å². The van der Waals surface area contributed by atoms with Gasteiger partial charge in [0.15, 0.2) is 0 Å². The number of likely N-dealkylation sites (tertiary alicyclic amines) is 1. The monoisotopic (exact) mass is 908 g/mol. The molecule has 18 heteroatoms. The van der Waals surface area contributed by atoms with Crippen molar-refractivity contribution >= 4 is 74.9 Å². The van der Waals surface area contributed by atoms with Gasteiger partial charge in [-0.1, -0.05) is 24.2 Å². The Morgan fingerprint density at radius 2 is 1.77 bits per heavy atom. The molecule has 1 atom stereocenters. The molecular weight excluding hydrogens is 855 g/mol. The molecular formula is C47H54ClFN10O6. The van der Waals surface area contributed by atoms with Crippen LogP contribution in [-0.4, -0.2) is 130 Å². The second-order valence-electron chi connectivity index (χ2n) is 16.8. The van der Waals surface area contributed by atoms with Crippen molar-refractivity contribution in [3.05, 3.63) is 89.5 Å². The van der Waals surface area contributed by atoms with E-state index in [9.17, 15) is 28.4 Å². The Morgan fingerprint density at radius 3 is 2.54 bits per heavy atom. The molecule has 4 aliphatic heterocycles. The van der Waals surface area contributed by atoms with Gasteiger partial charge in [-0.15, -0.1) is 0 Å². The van der Waals surface area contributed by atoms with E-state index in [1.165, 1.54) is 24.5 Å². The molecule has 8 rings (SSSR count). The predicted molar refractivity (Wildman–Crippen MR) is 246 cm³/mol. The van der Waals surface area contributed by atoms with Crippen molar-refractivity contribution < 1.29 is 33.1 Å². The first kappa shape index (κ1) is 45.4. The minimum Gasteiger partial charge on any atom is -0.491 e. The smallest absolute Gasteiger partial charge is 0.255 e. The first-order chi connectivity index (χ1) is 31.5. The second-order valence-corrected chi connectivity index (χ2v) is 17.2. The van der Waals surface area contributed by atoms with E-state index in [4.69, 9.17) is 16.3 Å². The maximum absolute atomic E-state index is 13.8. The maximum atomic E-state index is 13.8. The molecule has 1 unspecified atom stereocenters. The first-order valence-electron chi connectivity index (χ1n) is 22.4. The fraction of sp³-hybridized carbons (Fsp3) is 0.426. The van der Waals surface area contributed by atoms with Crippen molar-refractivity contribution in [3.63, 3.8) is 0 Å². The Balaban J connectivity index is 0.729. The largest absolute Gasteiger partial charge is 0.491 e. The van der Waals surface area contributed by atoms with Crippen molar-refractivity contribution in [2.24, 2.45) is 0 Å². The number of halogens is 2. The highest BCUT2D eigenvalue weighted by Crippen LogP contribution is 2.35. The molecule has 0 spiro atoms. The van der Waals surface area contributed by atoms with E-state index >= 15 is 0 Å². The second kappa shape index (κ2) is 20.8. The number of rotatable bonds is 17. The number of piperazine rings is 1. The third kappa shape index (κ3) is 10.9. The highest BCUT2D eigenvalue weighted by molar-refractivity contribution is 6.31. The third-order valence-electron chi connectivity index (χ3n) is 12.7. The van der Waals surface area contributed by atoms with Crippen LogP contribution in [0.2, 0.25) is 5.02 Å². The summed E-state index contributed by atoms with van der Waals surface area (Å²) in [5.41, 5.74) is 3.87. The average Bonchev–Trinajstić information content (AvgIpc) is 3.65. The number of nitrogens with zero attached hydrogens (tertiary/aromatic N) is 6. The summed E-state index contributed by atoms with van der Waals surface area (Å²) in [4.78, 5) is 80.1. The van der Waals surface area contributed by atoms with Crippen LogP contribution >= 0.6 is 11.6 Å². The number of hydrogen-bond acceptors (Lipinski definition) is 12. The number of piperidine rings is 2. The maximum Gasteiger partial charge on any atom is 0.255 e. The van der Waals surface area contributed by atoms with Crippen molar-refractivity contribution in [2.45, 2.75) is 70.0 Å². The minimum atomic E-state index is -0.651. The van der Waals surface area contributed by atoms with E-state index in [2.05, 4.69) is 47.6 Å². The Morgan fingerprint density at radius 1 is 0.954 bits per heavy atom. The zero-order valence-electron chi connectivity index (χ0n) is 36.3. The van der Waals surface area contributed by atoms with Crippen LogP contribution in [0.25, 0.3) is 10.9 Å². The number of anilines is 4. The number of unbranched alkanes of at least 4 members (excludes halogenated alkanes) is 1. The number of nitrogens with one attached hydrogen (secondary N) is 4. The zero-order chi connectivity index (χ0) is 45.5. The summed E-state index contributed by atoms with van der Waals surface area (Å²) in [5.74, 6) is -0.725. The summed E-state index contributed by atoms with van der Waals surface area (Å²) < 4.78 is 20.0. The Labute approximate surface area is 381 Å². The van der Waals surface area contributed by atoms with Gasteiger partial charge < -0.3 is 35.4 Å². The molecule has 0 saturated carbocycles. The van der Waals surface area contributed by atoms with Gasteiger partial charge in [0, 0.05) is 98.7 Å². The standard InChI is InChI=1S/C47H54ClFN10O6/c1-2-42(60)54-39-26-33-38(51-29-52-45(33)53-30-10-11-36(49)35(48)25-30)27-41(39)65-24-6-17-56-18-14-31(15-19-56)57-20-22-58(23-21-57)44(62)9-3-4-16-50-37-8-5-7-32-34(37)28-59(47(32)64)40-12-13-43(61)55-46(40)63/h2,5,7-8,10-11,25-27,29,31,40,50H,1,3-4,6,9,12-24,28H2,(H,54,60)(H,51,52,53)(H,55,61,63). The molecule has 0 aliphatic carbocycles. The number of carbonyl (C=O) groups is 5. The molecule has 3 fully saturated rings. The zero-order valence-corrected chi connectivity index (χ0v) is 37.0. The summed E-state index contributed by atoms with van der Waals surface area (Å²) in [6.45, 7) is 11.0. The van der Waals surface area contributed by atoms with Crippen molar-refractivity contribution in [3.8, 4) is 5.75 Å². The molecule has 0 radical (unpaired) electrons. The topological polar surface area (TPSA) is 181 Å². The van der Waals surface area contributed by atoms with E-state index in [-0.39, 0.29) is 35.1 Å². The molecule has 4 aromatic rings. The van der Waals surface area contributed by atoms with Crippen LogP contribution in [0.4, 0.5) is 27.3 Å². The first-order valence-corrected chi connectivity index (χ1v) is 22.7. The van der Waals surface area contributed by atoms with Gasteiger partial charge in [-0.3, -0.25) is 34.2 Å². The normalized spacial score (nSPS) is 18.4. The van der Waals surface area contributed by atoms with E-state index in [1.807, 2.05) is 17.0 Å². The number of benzene rings is 3. The molecule has 16 nitrogen and oxygen atoms in total. The Hall–Kier alpha value is -6.17. The van der Waals surface area contributed by atoms with E-state index in [0.717, 1.165) is 89.2 Å². The molecule has 342 valence electrons. The van der Waals surface area contributed by atoms with Gasteiger partial charge in [0.2, 0.25) is 23.6 Å². The molecule has 65 heavy (non-hydrogen) atoms. The highest BCUT2D eigenvalue weighted by Gasteiger charge is 2.40. The van der Waals surface area contributed by atoms with Gasteiger partial charge >= 0.3 is 0 Å². The van der Waals surface area contributed by atoms with Crippen LogP contribution in [0.1, 0.15) is 67.3 Å². The molecule has 5 heterocycles. The number of ether oxygens (including phenoxy) is 1.